The first-order valence-electron chi connectivity index (χ1n) is 6.93. The molecule has 2 rings (SSSR count). The lowest BCUT2D eigenvalue weighted by atomic mass is 10.2. The van der Waals surface area contributed by atoms with Gasteiger partial charge in [-0.2, -0.15) is 4.31 Å². The predicted octanol–water partition coefficient (Wildman–Crippen LogP) is -0.378. The molecule has 1 saturated heterocycles. The molecule has 6 nitrogen and oxygen atoms in total. The largest absolute Gasteiger partial charge is 0.339 e. The summed E-state index contributed by atoms with van der Waals surface area (Å²) in [7, 11) is -3.12. The smallest absolute Gasteiger partial charge is 0.236 e. The van der Waals surface area contributed by atoms with Crippen LogP contribution < -0.4 is 5.32 Å². The molecule has 0 aromatic heterocycles. The van der Waals surface area contributed by atoms with Crippen LogP contribution in [0.3, 0.4) is 0 Å². The Morgan fingerprint density at radius 3 is 2.26 bits per heavy atom. The van der Waals surface area contributed by atoms with Gasteiger partial charge in [-0.15, -0.1) is 0 Å². The van der Waals surface area contributed by atoms with Gasteiger partial charge in [0.25, 0.3) is 0 Å². The zero-order valence-corrected chi connectivity index (χ0v) is 12.3. The van der Waals surface area contributed by atoms with Gasteiger partial charge in [0.1, 0.15) is 0 Å². The van der Waals surface area contributed by atoms with E-state index in [-0.39, 0.29) is 5.91 Å². The summed E-state index contributed by atoms with van der Waals surface area (Å²) in [5.74, 6) is 0.0834. The van der Waals surface area contributed by atoms with Gasteiger partial charge in [0, 0.05) is 32.2 Å². The summed E-state index contributed by atoms with van der Waals surface area (Å²) in [6.07, 6.45) is 6.04. The summed E-state index contributed by atoms with van der Waals surface area (Å²) in [6, 6.07) is 0.487. The third-order valence-electron chi connectivity index (χ3n) is 3.96. The molecule has 19 heavy (non-hydrogen) atoms. The van der Waals surface area contributed by atoms with Gasteiger partial charge in [0.15, 0.2) is 0 Å². The Hall–Kier alpha value is -0.660. The van der Waals surface area contributed by atoms with Gasteiger partial charge in [-0.3, -0.25) is 4.79 Å². The monoisotopic (exact) mass is 289 g/mol. The topological polar surface area (TPSA) is 69.7 Å². The van der Waals surface area contributed by atoms with Crippen molar-refractivity contribution in [3.63, 3.8) is 0 Å². The lowest BCUT2D eigenvalue weighted by molar-refractivity contribution is -0.131. The van der Waals surface area contributed by atoms with Gasteiger partial charge in [-0.25, -0.2) is 8.42 Å². The van der Waals surface area contributed by atoms with Crippen LogP contribution in [0.2, 0.25) is 0 Å². The van der Waals surface area contributed by atoms with Crippen molar-refractivity contribution in [1.82, 2.24) is 14.5 Å². The Balaban J connectivity index is 1.73. The average Bonchev–Trinajstić information content (AvgIpc) is 2.88. The highest BCUT2D eigenvalue weighted by Gasteiger charge is 2.26. The first-order chi connectivity index (χ1) is 8.97. The third-order valence-corrected chi connectivity index (χ3v) is 5.26. The second-order valence-corrected chi connectivity index (χ2v) is 7.39. The minimum absolute atomic E-state index is 0.0834. The highest BCUT2D eigenvalue weighted by molar-refractivity contribution is 7.88. The molecular formula is C12H23N3O3S. The SMILES string of the molecule is CS(=O)(=O)N1CCN(C(=O)CNC2CCCC2)CC1. The highest BCUT2D eigenvalue weighted by Crippen LogP contribution is 2.17. The molecule has 0 radical (unpaired) electrons. The van der Waals surface area contributed by atoms with Crippen LogP contribution in [-0.2, 0) is 14.8 Å². The maximum Gasteiger partial charge on any atom is 0.236 e. The lowest BCUT2D eigenvalue weighted by Gasteiger charge is -2.33. The Morgan fingerprint density at radius 2 is 1.74 bits per heavy atom. The van der Waals surface area contributed by atoms with Crippen LogP contribution in [-0.4, -0.2) is 68.6 Å². The normalized spacial score (nSPS) is 22.9. The molecule has 0 unspecified atom stereocenters. The Morgan fingerprint density at radius 1 is 1.16 bits per heavy atom. The molecule has 1 saturated carbocycles. The Kier molecular flexibility index (Phi) is 4.81. The van der Waals surface area contributed by atoms with Gasteiger partial charge >= 0.3 is 0 Å². The van der Waals surface area contributed by atoms with Crippen molar-refractivity contribution in [1.29, 1.82) is 0 Å². The Bertz CT molecular complexity index is 410. The second kappa shape index (κ2) is 6.19. The van der Waals surface area contributed by atoms with Crippen LogP contribution in [0.1, 0.15) is 25.7 Å². The van der Waals surface area contributed by atoms with E-state index in [4.69, 9.17) is 0 Å². The van der Waals surface area contributed by atoms with Crippen molar-refractivity contribution in [3.05, 3.63) is 0 Å². The molecule has 1 amide bonds. The van der Waals surface area contributed by atoms with Crippen molar-refractivity contribution in [2.75, 3.05) is 39.0 Å². The summed E-state index contributed by atoms with van der Waals surface area (Å²) < 4.78 is 24.2. The minimum Gasteiger partial charge on any atom is -0.339 e. The van der Waals surface area contributed by atoms with E-state index in [9.17, 15) is 13.2 Å². The minimum atomic E-state index is -3.12. The van der Waals surface area contributed by atoms with Gasteiger partial charge in [-0.1, -0.05) is 12.8 Å². The van der Waals surface area contributed by atoms with Gasteiger partial charge in [-0.05, 0) is 12.8 Å². The van der Waals surface area contributed by atoms with E-state index in [1.807, 2.05) is 0 Å². The molecule has 1 N–H and O–H groups in total. The van der Waals surface area contributed by atoms with Gasteiger partial charge in [0.05, 0.1) is 12.8 Å². The molecule has 0 bridgehead atoms. The summed E-state index contributed by atoms with van der Waals surface area (Å²) in [4.78, 5) is 13.8. The number of sulfonamides is 1. The molecule has 2 fully saturated rings. The summed E-state index contributed by atoms with van der Waals surface area (Å²) in [6.45, 7) is 2.20. The summed E-state index contributed by atoms with van der Waals surface area (Å²) in [5, 5.41) is 3.30. The number of amides is 1. The van der Waals surface area contributed by atoms with Crippen molar-refractivity contribution >= 4 is 15.9 Å². The zero-order valence-electron chi connectivity index (χ0n) is 11.5. The average molecular weight is 289 g/mol. The fourth-order valence-corrected chi connectivity index (χ4v) is 3.57. The first-order valence-corrected chi connectivity index (χ1v) is 8.78. The van der Waals surface area contributed by atoms with Crippen molar-refractivity contribution in [3.8, 4) is 0 Å². The van der Waals surface area contributed by atoms with E-state index in [0.717, 1.165) is 12.8 Å². The first kappa shape index (κ1) is 14.7. The third kappa shape index (κ3) is 4.15. The van der Waals surface area contributed by atoms with E-state index in [0.29, 0.717) is 38.8 Å². The van der Waals surface area contributed by atoms with E-state index in [1.54, 1.807) is 4.90 Å². The van der Waals surface area contributed by atoms with Gasteiger partial charge in [0.2, 0.25) is 15.9 Å². The Labute approximate surface area is 115 Å². The van der Waals surface area contributed by atoms with E-state index >= 15 is 0 Å². The second-order valence-electron chi connectivity index (χ2n) is 5.41. The quantitative estimate of drug-likeness (QED) is 0.766. The molecule has 110 valence electrons. The molecule has 0 atom stereocenters. The fraction of sp³-hybridized carbons (Fsp3) is 0.917. The van der Waals surface area contributed by atoms with Crippen LogP contribution in [0.15, 0.2) is 0 Å². The molecule has 7 heteroatoms. The maximum absolute atomic E-state index is 12.0. The molecule has 0 aromatic carbocycles. The van der Waals surface area contributed by atoms with Crippen molar-refractivity contribution < 1.29 is 13.2 Å². The lowest BCUT2D eigenvalue weighted by Crippen LogP contribution is -2.52. The molecule has 0 aromatic rings. The molecule has 0 spiro atoms. The number of nitrogens with zero attached hydrogens (tertiary/aromatic N) is 2. The van der Waals surface area contributed by atoms with E-state index < -0.39 is 10.0 Å². The van der Waals surface area contributed by atoms with E-state index in [2.05, 4.69) is 5.32 Å². The van der Waals surface area contributed by atoms with Crippen molar-refractivity contribution in [2.45, 2.75) is 31.7 Å². The predicted molar refractivity (Wildman–Crippen MR) is 73.3 cm³/mol. The number of carbonyl (C=O) groups excluding carboxylic acids is 1. The number of piperazine rings is 1. The van der Waals surface area contributed by atoms with Crippen LogP contribution in [0, 0.1) is 0 Å². The van der Waals surface area contributed by atoms with Crippen LogP contribution in [0.25, 0.3) is 0 Å². The van der Waals surface area contributed by atoms with Gasteiger partial charge < -0.3 is 10.2 Å². The molecular weight excluding hydrogens is 266 g/mol. The summed E-state index contributed by atoms with van der Waals surface area (Å²) in [5.41, 5.74) is 0. The van der Waals surface area contributed by atoms with Crippen molar-refractivity contribution in [2.24, 2.45) is 0 Å². The number of hydrogen-bond donors (Lipinski definition) is 1. The molecule has 2 aliphatic rings. The number of rotatable bonds is 4. The van der Waals surface area contributed by atoms with Crippen LogP contribution >= 0.6 is 0 Å². The fourth-order valence-electron chi connectivity index (χ4n) is 2.74. The maximum atomic E-state index is 12.0. The van der Waals surface area contributed by atoms with E-state index in [1.165, 1.54) is 23.4 Å². The van der Waals surface area contributed by atoms with Crippen LogP contribution in [0.4, 0.5) is 0 Å². The molecule has 1 aliphatic carbocycles. The number of carbonyl (C=O) groups is 1. The number of hydrogen-bond acceptors (Lipinski definition) is 4. The molecule has 1 aliphatic heterocycles. The zero-order chi connectivity index (χ0) is 13.9. The summed E-state index contributed by atoms with van der Waals surface area (Å²) >= 11 is 0. The molecule has 1 heterocycles. The number of nitrogens with one attached hydrogen (secondary N) is 1. The highest BCUT2D eigenvalue weighted by atomic mass is 32.2. The standard InChI is InChI=1S/C12H23N3O3S/c1-19(17,18)15-8-6-14(7-9-15)12(16)10-13-11-4-2-3-5-11/h11,13H,2-10H2,1H3. The van der Waals surface area contributed by atoms with Crippen LogP contribution in [0.5, 0.6) is 0 Å².